The Morgan fingerprint density at radius 2 is 1.81 bits per heavy atom. The van der Waals surface area contributed by atoms with Crippen molar-refractivity contribution in [2.45, 2.75) is 6.54 Å². The van der Waals surface area contributed by atoms with E-state index >= 15 is 0 Å². The zero-order valence-electron chi connectivity index (χ0n) is 15.0. The second-order valence-electron chi connectivity index (χ2n) is 6.57. The van der Waals surface area contributed by atoms with Crippen molar-refractivity contribution in [1.82, 2.24) is 14.9 Å². The van der Waals surface area contributed by atoms with Crippen molar-refractivity contribution in [3.05, 3.63) is 59.9 Å². The highest BCUT2D eigenvalue weighted by molar-refractivity contribution is 5.89. The third-order valence-corrected chi connectivity index (χ3v) is 4.89. The standard InChI is InChI=1S/C20H20F2N4O/c1-27-18-6-5-14(11-17(18)22)12-25-7-9-26(10-8-25)20-15-3-2-4-16(21)19(15)23-13-24-20/h2-6,11,13H,7-10,12H2,1H3. The lowest BCUT2D eigenvalue weighted by Crippen LogP contribution is -2.46. The zero-order chi connectivity index (χ0) is 18.8. The Labute approximate surface area is 156 Å². The summed E-state index contributed by atoms with van der Waals surface area (Å²) in [5, 5.41) is 0.725. The van der Waals surface area contributed by atoms with Crippen molar-refractivity contribution in [2.75, 3.05) is 38.2 Å². The fraction of sp³-hybridized carbons (Fsp3) is 0.300. The molecule has 0 saturated carbocycles. The molecule has 1 aliphatic rings. The lowest BCUT2D eigenvalue weighted by molar-refractivity contribution is 0.249. The van der Waals surface area contributed by atoms with Crippen molar-refractivity contribution in [3.8, 4) is 5.75 Å². The van der Waals surface area contributed by atoms with Gasteiger partial charge < -0.3 is 9.64 Å². The Morgan fingerprint density at radius 1 is 1.00 bits per heavy atom. The Balaban J connectivity index is 1.45. The van der Waals surface area contributed by atoms with Gasteiger partial charge in [0.2, 0.25) is 0 Å². The van der Waals surface area contributed by atoms with Gasteiger partial charge in [0.05, 0.1) is 7.11 Å². The topological polar surface area (TPSA) is 41.5 Å². The molecular formula is C20H20F2N4O. The molecule has 7 heteroatoms. The first-order valence-corrected chi connectivity index (χ1v) is 8.84. The maximum atomic E-state index is 14.0. The number of benzene rings is 2. The fourth-order valence-electron chi connectivity index (χ4n) is 3.47. The molecule has 0 bridgehead atoms. The van der Waals surface area contributed by atoms with Crippen LogP contribution in [0.15, 0.2) is 42.7 Å². The Hall–Kier alpha value is -2.80. The van der Waals surface area contributed by atoms with Gasteiger partial charge in [0.25, 0.3) is 0 Å². The molecule has 1 saturated heterocycles. The summed E-state index contributed by atoms with van der Waals surface area (Å²) in [6.45, 7) is 3.83. The molecule has 3 aromatic rings. The summed E-state index contributed by atoms with van der Waals surface area (Å²) in [7, 11) is 1.46. The molecule has 0 spiro atoms. The number of nitrogens with zero attached hydrogens (tertiary/aromatic N) is 4. The van der Waals surface area contributed by atoms with E-state index in [0.717, 1.165) is 42.9 Å². The van der Waals surface area contributed by atoms with Crippen LogP contribution in [0.2, 0.25) is 0 Å². The van der Waals surface area contributed by atoms with Crippen molar-refractivity contribution >= 4 is 16.7 Å². The molecule has 4 rings (SSSR count). The van der Waals surface area contributed by atoms with Gasteiger partial charge in [-0.05, 0) is 29.8 Å². The summed E-state index contributed by atoms with van der Waals surface area (Å²) in [6, 6.07) is 9.99. The monoisotopic (exact) mass is 370 g/mol. The van der Waals surface area contributed by atoms with Gasteiger partial charge in [-0.3, -0.25) is 4.90 Å². The number of hydrogen-bond acceptors (Lipinski definition) is 5. The predicted octanol–water partition coefficient (Wildman–Crippen LogP) is 3.24. The fourth-order valence-corrected chi connectivity index (χ4v) is 3.47. The molecule has 0 atom stereocenters. The lowest BCUT2D eigenvalue weighted by atomic mass is 10.1. The quantitative estimate of drug-likeness (QED) is 0.705. The number of halogens is 2. The number of anilines is 1. The van der Waals surface area contributed by atoms with Gasteiger partial charge in [0.15, 0.2) is 11.6 Å². The largest absolute Gasteiger partial charge is 0.494 e. The van der Waals surface area contributed by atoms with E-state index in [1.807, 2.05) is 12.1 Å². The molecule has 27 heavy (non-hydrogen) atoms. The Morgan fingerprint density at radius 3 is 2.56 bits per heavy atom. The van der Waals surface area contributed by atoms with Gasteiger partial charge in [-0.2, -0.15) is 0 Å². The van der Waals surface area contributed by atoms with Crippen LogP contribution < -0.4 is 9.64 Å². The smallest absolute Gasteiger partial charge is 0.165 e. The van der Waals surface area contributed by atoms with Gasteiger partial charge in [-0.15, -0.1) is 0 Å². The highest BCUT2D eigenvalue weighted by Crippen LogP contribution is 2.26. The molecule has 0 amide bonds. The number of piperazine rings is 1. The molecule has 1 aromatic heterocycles. The van der Waals surface area contributed by atoms with E-state index in [1.54, 1.807) is 12.1 Å². The predicted molar refractivity (Wildman–Crippen MR) is 99.9 cm³/mol. The Bertz CT molecular complexity index is 958. The second kappa shape index (κ2) is 7.44. The van der Waals surface area contributed by atoms with E-state index in [2.05, 4.69) is 19.8 Å². The minimum absolute atomic E-state index is 0.256. The number of rotatable bonds is 4. The molecule has 1 fully saturated rings. The molecule has 2 heterocycles. The van der Waals surface area contributed by atoms with Gasteiger partial charge in [-0.25, -0.2) is 18.7 Å². The van der Waals surface area contributed by atoms with Gasteiger partial charge in [-0.1, -0.05) is 12.1 Å². The van der Waals surface area contributed by atoms with Gasteiger partial charge in [0, 0.05) is 38.1 Å². The van der Waals surface area contributed by atoms with Crippen LogP contribution in [-0.2, 0) is 6.54 Å². The van der Waals surface area contributed by atoms with Crippen LogP contribution in [0.25, 0.3) is 10.9 Å². The SMILES string of the molecule is COc1ccc(CN2CCN(c3ncnc4c(F)cccc34)CC2)cc1F. The lowest BCUT2D eigenvalue weighted by Gasteiger charge is -2.35. The summed E-state index contributed by atoms with van der Waals surface area (Å²) in [4.78, 5) is 12.9. The number of para-hydroxylation sites is 1. The first-order valence-electron chi connectivity index (χ1n) is 8.84. The Kier molecular flexibility index (Phi) is 4.85. The van der Waals surface area contributed by atoms with Crippen molar-refractivity contribution in [2.24, 2.45) is 0 Å². The highest BCUT2D eigenvalue weighted by atomic mass is 19.1. The van der Waals surface area contributed by atoms with Crippen LogP contribution in [0.5, 0.6) is 5.75 Å². The molecular weight excluding hydrogens is 350 g/mol. The number of aromatic nitrogens is 2. The van der Waals surface area contributed by atoms with E-state index in [9.17, 15) is 8.78 Å². The number of methoxy groups -OCH3 is 1. The molecule has 0 N–H and O–H groups in total. The summed E-state index contributed by atoms with van der Waals surface area (Å²) >= 11 is 0. The molecule has 0 unspecified atom stereocenters. The van der Waals surface area contributed by atoms with E-state index < -0.39 is 0 Å². The van der Waals surface area contributed by atoms with Crippen LogP contribution >= 0.6 is 0 Å². The maximum Gasteiger partial charge on any atom is 0.165 e. The third-order valence-electron chi connectivity index (χ3n) is 4.89. The van der Waals surface area contributed by atoms with Gasteiger partial charge in [0.1, 0.15) is 23.5 Å². The highest BCUT2D eigenvalue weighted by Gasteiger charge is 2.21. The summed E-state index contributed by atoms with van der Waals surface area (Å²) in [5.74, 6) is 0.334. The molecule has 2 aromatic carbocycles. The maximum absolute atomic E-state index is 14.0. The molecule has 5 nitrogen and oxygen atoms in total. The minimum Gasteiger partial charge on any atom is -0.494 e. The summed E-state index contributed by atoms with van der Waals surface area (Å²) in [5.41, 5.74) is 1.26. The first kappa shape index (κ1) is 17.6. The van der Waals surface area contributed by atoms with Crippen LogP contribution in [0.1, 0.15) is 5.56 Å². The molecule has 1 aliphatic heterocycles. The van der Waals surface area contributed by atoms with Crippen LogP contribution in [0, 0.1) is 11.6 Å². The van der Waals surface area contributed by atoms with Crippen molar-refractivity contribution in [3.63, 3.8) is 0 Å². The van der Waals surface area contributed by atoms with E-state index in [1.165, 1.54) is 25.6 Å². The van der Waals surface area contributed by atoms with Crippen molar-refractivity contribution < 1.29 is 13.5 Å². The first-order chi connectivity index (χ1) is 13.2. The minimum atomic E-state index is -0.344. The average molecular weight is 370 g/mol. The summed E-state index contributed by atoms with van der Waals surface area (Å²) < 4.78 is 32.8. The molecule has 0 aliphatic carbocycles. The van der Waals surface area contributed by atoms with E-state index in [0.29, 0.717) is 12.1 Å². The average Bonchev–Trinajstić information content (AvgIpc) is 2.69. The third kappa shape index (κ3) is 3.55. The van der Waals surface area contributed by atoms with Crippen LogP contribution in [-0.4, -0.2) is 48.2 Å². The normalized spacial score (nSPS) is 15.3. The van der Waals surface area contributed by atoms with Crippen molar-refractivity contribution in [1.29, 1.82) is 0 Å². The van der Waals surface area contributed by atoms with E-state index in [-0.39, 0.29) is 17.4 Å². The number of fused-ring (bicyclic) bond motifs is 1. The molecule has 0 radical (unpaired) electrons. The second-order valence-corrected chi connectivity index (χ2v) is 6.57. The van der Waals surface area contributed by atoms with E-state index in [4.69, 9.17) is 4.74 Å². The number of hydrogen-bond donors (Lipinski definition) is 0. The zero-order valence-corrected chi connectivity index (χ0v) is 15.0. The van der Waals surface area contributed by atoms with Crippen LogP contribution in [0.3, 0.4) is 0 Å². The van der Waals surface area contributed by atoms with Crippen LogP contribution in [0.4, 0.5) is 14.6 Å². The molecule has 140 valence electrons. The van der Waals surface area contributed by atoms with Gasteiger partial charge >= 0.3 is 0 Å². The summed E-state index contributed by atoms with van der Waals surface area (Å²) in [6.07, 6.45) is 1.41. The number of ether oxygens (including phenoxy) is 1.